The fourth-order valence-corrected chi connectivity index (χ4v) is 1.98. The standard InChI is InChI=1S/C16H17FN2O/c1-11(12-6-8-14(18)9-7-12)19-16(20)10-13-4-2-3-5-15(13)17/h2-9,11H,10,18H2,1H3,(H,19,20). The highest BCUT2D eigenvalue weighted by molar-refractivity contribution is 5.79. The fraction of sp³-hybridized carbons (Fsp3) is 0.188. The van der Waals surface area contributed by atoms with E-state index in [4.69, 9.17) is 5.73 Å². The summed E-state index contributed by atoms with van der Waals surface area (Å²) in [6.45, 7) is 1.88. The molecule has 104 valence electrons. The van der Waals surface area contributed by atoms with Crippen LogP contribution in [0.5, 0.6) is 0 Å². The van der Waals surface area contributed by atoms with Crippen molar-refractivity contribution in [3.05, 3.63) is 65.5 Å². The van der Waals surface area contributed by atoms with Gasteiger partial charge in [0.1, 0.15) is 5.82 Å². The molecule has 0 aromatic heterocycles. The molecular weight excluding hydrogens is 255 g/mol. The second-order valence-electron chi connectivity index (χ2n) is 4.72. The average molecular weight is 272 g/mol. The first kappa shape index (κ1) is 14.1. The number of benzene rings is 2. The first-order chi connectivity index (χ1) is 9.56. The highest BCUT2D eigenvalue weighted by atomic mass is 19.1. The van der Waals surface area contributed by atoms with Crippen molar-refractivity contribution in [1.82, 2.24) is 5.32 Å². The number of halogens is 1. The zero-order valence-corrected chi connectivity index (χ0v) is 11.3. The second kappa shape index (κ2) is 6.19. The maximum absolute atomic E-state index is 13.5. The van der Waals surface area contributed by atoms with Crippen LogP contribution in [0.3, 0.4) is 0 Å². The van der Waals surface area contributed by atoms with Crippen molar-refractivity contribution in [2.75, 3.05) is 5.73 Å². The molecule has 3 nitrogen and oxygen atoms in total. The Balaban J connectivity index is 1.98. The van der Waals surface area contributed by atoms with Gasteiger partial charge in [0.25, 0.3) is 0 Å². The zero-order valence-electron chi connectivity index (χ0n) is 11.3. The van der Waals surface area contributed by atoms with E-state index in [9.17, 15) is 9.18 Å². The molecule has 20 heavy (non-hydrogen) atoms. The molecule has 0 aliphatic carbocycles. The van der Waals surface area contributed by atoms with Gasteiger partial charge in [-0.1, -0.05) is 30.3 Å². The maximum Gasteiger partial charge on any atom is 0.225 e. The fourth-order valence-electron chi connectivity index (χ4n) is 1.98. The van der Waals surface area contributed by atoms with Gasteiger partial charge in [0, 0.05) is 5.69 Å². The average Bonchev–Trinajstić information content (AvgIpc) is 2.42. The summed E-state index contributed by atoms with van der Waals surface area (Å²) in [5, 5.41) is 2.84. The Bertz CT molecular complexity index is 596. The molecule has 0 heterocycles. The molecule has 1 atom stereocenters. The van der Waals surface area contributed by atoms with Crippen LogP contribution < -0.4 is 11.1 Å². The van der Waals surface area contributed by atoms with Gasteiger partial charge in [-0.05, 0) is 36.2 Å². The van der Waals surface area contributed by atoms with Crippen LogP contribution in [-0.2, 0) is 11.2 Å². The van der Waals surface area contributed by atoms with E-state index in [0.717, 1.165) is 5.56 Å². The third-order valence-electron chi connectivity index (χ3n) is 3.12. The van der Waals surface area contributed by atoms with E-state index >= 15 is 0 Å². The number of nitrogen functional groups attached to an aromatic ring is 1. The Morgan fingerprint density at radius 2 is 1.85 bits per heavy atom. The Kier molecular flexibility index (Phi) is 4.35. The minimum absolute atomic E-state index is 0.0337. The number of carbonyl (C=O) groups excluding carboxylic acids is 1. The summed E-state index contributed by atoms with van der Waals surface area (Å²) in [6, 6.07) is 13.4. The molecule has 0 spiro atoms. The maximum atomic E-state index is 13.5. The molecule has 0 saturated carbocycles. The van der Waals surface area contributed by atoms with Crippen molar-refractivity contribution < 1.29 is 9.18 Å². The Labute approximate surface area is 117 Å². The molecule has 1 amide bonds. The number of amides is 1. The topological polar surface area (TPSA) is 55.1 Å². The van der Waals surface area contributed by atoms with Crippen LogP contribution >= 0.6 is 0 Å². The summed E-state index contributed by atoms with van der Waals surface area (Å²) in [4.78, 5) is 11.9. The van der Waals surface area contributed by atoms with Gasteiger partial charge in [0.2, 0.25) is 5.91 Å². The number of anilines is 1. The highest BCUT2D eigenvalue weighted by Gasteiger charge is 2.11. The van der Waals surface area contributed by atoms with Crippen LogP contribution in [0.1, 0.15) is 24.1 Å². The summed E-state index contributed by atoms with van der Waals surface area (Å²) >= 11 is 0. The molecule has 1 unspecified atom stereocenters. The van der Waals surface area contributed by atoms with Crippen LogP contribution in [0.25, 0.3) is 0 Å². The van der Waals surface area contributed by atoms with E-state index in [1.165, 1.54) is 6.07 Å². The molecule has 0 bridgehead atoms. The second-order valence-corrected chi connectivity index (χ2v) is 4.72. The van der Waals surface area contributed by atoms with Crippen molar-refractivity contribution in [2.45, 2.75) is 19.4 Å². The SMILES string of the molecule is CC(NC(=O)Cc1ccccc1F)c1ccc(N)cc1. The zero-order chi connectivity index (χ0) is 14.5. The summed E-state index contributed by atoms with van der Waals surface area (Å²) < 4.78 is 13.5. The van der Waals surface area contributed by atoms with Gasteiger partial charge < -0.3 is 11.1 Å². The number of nitrogens with one attached hydrogen (secondary N) is 1. The molecule has 0 radical (unpaired) electrons. The van der Waals surface area contributed by atoms with Gasteiger partial charge in [0.05, 0.1) is 12.5 Å². The Hall–Kier alpha value is -2.36. The van der Waals surface area contributed by atoms with Crippen LogP contribution in [0.2, 0.25) is 0 Å². The lowest BCUT2D eigenvalue weighted by Gasteiger charge is -2.14. The number of nitrogens with two attached hydrogens (primary N) is 1. The lowest BCUT2D eigenvalue weighted by molar-refractivity contribution is -0.121. The van der Waals surface area contributed by atoms with Gasteiger partial charge in [-0.2, -0.15) is 0 Å². The molecule has 0 aliphatic rings. The van der Waals surface area contributed by atoms with E-state index in [-0.39, 0.29) is 24.2 Å². The quantitative estimate of drug-likeness (QED) is 0.841. The Morgan fingerprint density at radius 1 is 1.20 bits per heavy atom. The van der Waals surface area contributed by atoms with E-state index < -0.39 is 0 Å². The van der Waals surface area contributed by atoms with Crippen LogP contribution in [0.4, 0.5) is 10.1 Å². The van der Waals surface area contributed by atoms with Crippen molar-refractivity contribution in [3.63, 3.8) is 0 Å². The van der Waals surface area contributed by atoms with Gasteiger partial charge in [-0.25, -0.2) is 4.39 Å². The molecule has 0 saturated heterocycles. The molecule has 0 aliphatic heterocycles. The van der Waals surface area contributed by atoms with Gasteiger partial charge in [-0.3, -0.25) is 4.79 Å². The van der Waals surface area contributed by atoms with E-state index in [0.29, 0.717) is 11.3 Å². The van der Waals surface area contributed by atoms with Crippen molar-refractivity contribution >= 4 is 11.6 Å². The molecule has 2 rings (SSSR count). The third-order valence-corrected chi connectivity index (χ3v) is 3.12. The Morgan fingerprint density at radius 3 is 2.50 bits per heavy atom. The lowest BCUT2D eigenvalue weighted by Crippen LogP contribution is -2.28. The van der Waals surface area contributed by atoms with Gasteiger partial charge >= 0.3 is 0 Å². The molecule has 4 heteroatoms. The molecule has 2 aromatic carbocycles. The van der Waals surface area contributed by atoms with Crippen LogP contribution in [0.15, 0.2) is 48.5 Å². The van der Waals surface area contributed by atoms with E-state index in [2.05, 4.69) is 5.32 Å². The molecule has 2 aromatic rings. The van der Waals surface area contributed by atoms with Gasteiger partial charge in [-0.15, -0.1) is 0 Å². The van der Waals surface area contributed by atoms with Crippen molar-refractivity contribution in [1.29, 1.82) is 0 Å². The van der Waals surface area contributed by atoms with Crippen LogP contribution in [-0.4, -0.2) is 5.91 Å². The molecule has 0 fully saturated rings. The largest absolute Gasteiger partial charge is 0.399 e. The number of hydrogen-bond donors (Lipinski definition) is 2. The van der Waals surface area contributed by atoms with E-state index in [1.54, 1.807) is 30.3 Å². The summed E-state index contributed by atoms with van der Waals surface area (Å²) in [6.07, 6.45) is 0.0337. The smallest absolute Gasteiger partial charge is 0.225 e. The minimum Gasteiger partial charge on any atom is -0.399 e. The monoisotopic (exact) mass is 272 g/mol. The summed E-state index contributed by atoms with van der Waals surface area (Å²) in [5.74, 6) is -0.567. The molecule has 3 N–H and O–H groups in total. The minimum atomic E-state index is -0.359. The summed E-state index contributed by atoms with van der Waals surface area (Å²) in [7, 11) is 0. The first-order valence-electron chi connectivity index (χ1n) is 6.44. The number of rotatable bonds is 4. The highest BCUT2D eigenvalue weighted by Crippen LogP contribution is 2.15. The van der Waals surface area contributed by atoms with Crippen molar-refractivity contribution in [2.24, 2.45) is 0 Å². The number of hydrogen-bond acceptors (Lipinski definition) is 2. The molecular formula is C16H17FN2O. The third kappa shape index (κ3) is 3.57. The van der Waals surface area contributed by atoms with E-state index in [1.807, 2.05) is 19.1 Å². The lowest BCUT2D eigenvalue weighted by atomic mass is 10.1. The van der Waals surface area contributed by atoms with Gasteiger partial charge in [0.15, 0.2) is 0 Å². The predicted octanol–water partition coefficient (Wildman–Crippen LogP) is 2.83. The number of carbonyl (C=O) groups is 1. The van der Waals surface area contributed by atoms with Crippen LogP contribution in [0, 0.1) is 5.82 Å². The predicted molar refractivity (Wildman–Crippen MR) is 77.5 cm³/mol. The normalized spacial score (nSPS) is 11.9. The summed E-state index contributed by atoms with van der Waals surface area (Å²) in [5.41, 5.74) is 7.65. The van der Waals surface area contributed by atoms with Crippen molar-refractivity contribution in [3.8, 4) is 0 Å². The first-order valence-corrected chi connectivity index (χ1v) is 6.44.